The molecule has 4 rings (SSSR count). The molecule has 144 valence electrons. The van der Waals surface area contributed by atoms with Crippen LogP contribution in [0.3, 0.4) is 0 Å². The first kappa shape index (κ1) is 17.9. The molecule has 1 aliphatic rings. The fraction of sp³-hybridized carbons (Fsp3) is 0.238. The van der Waals surface area contributed by atoms with Crippen molar-refractivity contribution < 1.29 is 23.8 Å². The van der Waals surface area contributed by atoms with Crippen LogP contribution in [-0.4, -0.2) is 34.7 Å². The number of aromatic amines is 1. The summed E-state index contributed by atoms with van der Waals surface area (Å²) >= 11 is 0. The number of Topliss-reactive ketones (excluding diaryl/α,β-unsaturated/α-hetero) is 1. The van der Waals surface area contributed by atoms with Gasteiger partial charge >= 0.3 is 5.97 Å². The molecular weight excluding hydrogens is 360 g/mol. The van der Waals surface area contributed by atoms with Gasteiger partial charge in [-0.3, -0.25) is 4.79 Å². The summed E-state index contributed by atoms with van der Waals surface area (Å²) in [5.74, 6) is 0.689. The molecule has 0 fully saturated rings. The van der Waals surface area contributed by atoms with Crippen molar-refractivity contribution in [2.24, 2.45) is 0 Å². The number of hydrogen-bond acceptors (Lipinski definition) is 5. The van der Waals surface area contributed by atoms with Gasteiger partial charge in [0, 0.05) is 29.7 Å². The first-order valence-electron chi connectivity index (χ1n) is 8.92. The van der Waals surface area contributed by atoms with Gasteiger partial charge in [-0.05, 0) is 49.7 Å². The monoisotopic (exact) mass is 380 g/mol. The van der Waals surface area contributed by atoms with E-state index in [2.05, 4.69) is 9.55 Å². The number of H-pyrrole nitrogens is 1. The normalized spacial score (nSPS) is 12.2. The fourth-order valence-electron chi connectivity index (χ4n) is 3.29. The first-order chi connectivity index (χ1) is 13.5. The number of benzene rings is 1. The molecule has 7 nitrogen and oxygen atoms in total. The molecule has 0 spiro atoms. The summed E-state index contributed by atoms with van der Waals surface area (Å²) in [5.41, 5.74) is 3.70. The Labute approximate surface area is 161 Å². The van der Waals surface area contributed by atoms with Gasteiger partial charge in [-0.1, -0.05) is 6.07 Å². The van der Waals surface area contributed by atoms with Crippen LogP contribution >= 0.6 is 0 Å². The van der Waals surface area contributed by atoms with Crippen molar-refractivity contribution >= 4 is 11.8 Å². The van der Waals surface area contributed by atoms with E-state index < -0.39 is 5.97 Å². The second kappa shape index (κ2) is 7.26. The molecule has 1 aromatic carbocycles. The highest BCUT2D eigenvalue weighted by Gasteiger charge is 2.19. The van der Waals surface area contributed by atoms with E-state index in [4.69, 9.17) is 14.2 Å². The summed E-state index contributed by atoms with van der Waals surface area (Å²) in [7, 11) is 0. The minimum atomic E-state index is -0.549. The van der Waals surface area contributed by atoms with E-state index in [9.17, 15) is 9.59 Å². The minimum absolute atomic E-state index is 0.232. The lowest BCUT2D eigenvalue weighted by Crippen LogP contribution is -2.15. The maximum Gasteiger partial charge on any atom is 0.355 e. The zero-order valence-corrected chi connectivity index (χ0v) is 15.7. The van der Waals surface area contributed by atoms with Crippen molar-refractivity contribution in [1.29, 1.82) is 0 Å². The van der Waals surface area contributed by atoms with Crippen LogP contribution in [0, 0.1) is 13.8 Å². The van der Waals surface area contributed by atoms with Crippen LogP contribution in [-0.2, 0) is 11.3 Å². The zero-order valence-electron chi connectivity index (χ0n) is 15.7. The van der Waals surface area contributed by atoms with Crippen LogP contribution in [0.1, 0.15) is 37.8 Å². The van der Waals surface area contributed by atoms with Gasteiger partial charge in [0.05, 0.1) is 0 Å². The summed E-state index contributed by atoms with van der Waals surface area (Å²) in [4.78, 5) is 27.2. The Morgan fingerprint density at radius 2 is 1.96 bits per heavy atom. The molecule has 2 aromatic heterocycles. The molecule has 0 unspecified atom stereocenters. The quantitative estimate of drug-likeness (QED) is 0.524. The van der Waals surface area contributed by atoms with Crippen LogP contribution in [0.25, 0.3) is 0 Å². The van der Waals surface area contributed by atoms with Crippen LogP contribution in [0.2, 0.25) is 0 Å². The molecule has 28 heavy (non-hydrogen) atoms. The van der Waals surface area contributed by atoms with Crippen molar-refractivity contribution in [2.75, 3.05) is 13.4 Å². The lowest BCUT2D eigenvalue weighted by atomic mass is 10.1. The van der Waals surface area contributed by atoms with Crippen LogP contribution in [0.4, 0.5) is 0 Å². The van der Waals surface area contributed by atoms with Gasteiger partial charge in [-0.2, -0.15) is 0 Å². The molecule has 0 saturated heterocycles. The van der Waals surface area contributed by atoms with Crippen LogP contribution < -0.4 is 9.47 Å². The summed E-state index contributed by atoms with van der Waals surface area (Å²) in [6, 6.07) is 10.9. The van der Waals surface area contributed by atoms with Gasteiger partial charge in [-0.15, -0.1) is 0 Å². The fourth-order valence-corrected chi connectivity index (χ4v) is 3.29. The van der Waals surface area contributed by atoms with E-state index in [1.54, 1.807) is 18.3 Å². The SMILES string of the molecule is Cc1cc(C(=O)COC(=O)c2ccc[nH]2)c(C)n1Cc1ccc2c(c1)OCO2. The molecule has 1 N–H and O–H groups in total. The number of aromatic nitrogens is 2. The highest BCUT2D eigenvalue weighted by atomic mass is 16.7. The predicted octanol–water partition coefficient (Wildman–Crippen LogP) is 3.25. The number of esters is 1. The van der Waals surface area contributed by atoms with Gasteiger partial charge in [0.25, 0.3) is 0 Å². The van der Waals surface area contributed by atoms with E-state index >= 15 is 0 Å². The second-order valence-electron chi connectivity index (χ2n) is 6.64. The van der Waals surface area contributed by atoms with Crippen molar-refractivity contribution in [1.82, 2.24) is 9.55 Å². The molecular formula is C21H20N2O5. The van der Waals surface area contributed by atoms with E-state index in [0.717, 1.165) is 28.5 Å². The van der Waals surface area contributed by atoms with Crippen LogP contribution in [0.5, 0.6) is 11.5 Å². The highest BCUT2D eigenvalue weighted by molar-refractivity contribution is 6.00. The molecule has 3 heterocycles. The van der Waals surface area contributed by atoms with Gasteiger partial charge < -0.3 is 23.8 Å². The number of hydrogen-bond donors (Lipinski definition) is 1. The lowest BCUT2D eigenvalue weighted by molar-refractivity contribution is 0.0469. The number of ether oxygens (including phenoxy) is 3. The Balaban J connectivity index is 1.47. The number of nitrogens with zero attached hydrogens (tertiary/aromatic N) is 1. The van der Waals surface area contributed by atoms with Crippen molar-refractivity contribution in [2.45, 2.75) is 20.4 Å². The molecule has 3 aromatic rings. The van der Waals surface area contributed by atoms with Gasteiger partial charge in [0.1, 0.15) is 5.69 Å². The maximum absolute atomic E-state index is 12.6. The lowest BCUT2D eigenvalue weighted by Gasteiger charge is -2.11. The molecule has 0 aliphatic carbocycles. The Hall–Kier alpha value is -3.48. The number of carbonyl (C=O) groups is 2. The molecule has 0 radical (unpaired) electrons. The summed E-state index contributed by atoms with van der Waals surface area (Å²) in [6.07, 6.45) is 1.63. The third-order valence-electron chi connectivity index (χ3n) is 4.80. The van der Waals surface area contributed by atoms with Crippen molar-refractivity contribution in [3.63, 3.8) is 0 Å². The van der Waals surface area contributed by atoms with E-state index in [1.165, 1.54) is 0 Å². The first-order valence-corrected chi connectivity index (χ1v) is 8.92. The van der Waals surface area contributed by atoms with Crippen molar-refractivity contribution in [3.8, 4) is 11.5 Å². The summed E-state index contributed by atoms with van der Waals surface area (Å²) < 4.78 is 17.9. The molecule has 0 amide bonds. The minimum Gasteiger partial charge on any atom is -0.454 e. The van der Waals surface area contributed by atoms with E-state index in [0.29, 0.717) is 17.8 Å². The number of ketones is 1. The molecule has 1 aliphatic heterocycles. The van der Waals surface area contributed by atoms with Gasteiger partial charge in [-0.25, -0.2) is 4.79 Å². The van der Waals surface area contributed by atoms with Gasteiger partial charge in [0.2, 0.25) is 12.6 Å². The van der Waals surface area contributed by atoms with Crippen molar-refractivity contribution in [3.05, 3.63) is 70.8 Å². The summed E-state index contributed by atoms with van der Waals surface area (Å²) in [5, 5.41) is 0. The summed E-state index contributed by atoms with van der Waals surface area (Å²) in [6.45, 7) is 4.37. The number of fused-ring (bicyclic) bond motifs is 1. The predicted molar refractivity (Wildman–Crippen MR) is 101 cm³/mol. The van der Waals surface area contributed by atoms with Crippen LogP contribution in [0.15, 0.2) is 42.6 Å². The average molecular weight is 380 g/mol. The molecule has 7 heteroatoms. The van der Waals surface area contributed by atoms with E-state index in [1.807, 2.05) is 38.1 Å². The number of carbonyl (C=O) groups excluding carboxylic acids is 2. The third-order valence-corrected chi connectivity index (χ3v) is 4.80. The number of aryl methyl sites for hydroxylation is 1. The van der Waals surface area contributed by atoms with E-state index in [-0.39, 0.29) is 19.2 Å². The third kappa shape index (κ3) is 3.38. The Morgan fingerprint density at radius 1 is 1.14 bits per heavy atom. The van der Waals surface area contributed by atoms with Gasteiger partial charge in [0.15, 0.2) is 18.1 Å². The molecule has 0 atom stereocenters. The Kier molecular flexibility index (Phi) is 4.65. The average Bonchev–Trinajstić information content (AvgIpc) is 3.42. The Bertz CT molecular complexity index is 1030. The highest BCUT2D eigenvalue weighted by Crippen LogP contribution is 2.33. The smallest absolute Gasteiger partial charge is 0.355 e. The second-order valence-corrected chi connectivity index (χ2v) is 6.64. The number of nitrogens with one attached hydrogen (secondary N) is 1. The topological polar surface area (TPSA) is 82.6 Å². The molecule has 0 saturated carbocycles. The Morgan fingerprint density at radius 3 is 2.75 bits per heavy atom. The molecule has 0 bridgehead atoms. The maximum atomic E-state index is 12.6. The zero-order chi connectivity index (χ0) is 19.7. The number of rotatable bonds is 6. The standard InChI is InChI=1S/C21H20N2O5/c1-13-8-16(18(24)11-26-21(25)17-4-3-7-22-17)14(2)23(13)10-15-5-6-19-20(9-15)28-12-27-19/h3-9,22H,10-12H2,1-2H3. The largest absolute Gasteiger partial charge is 0.454 e.